The molecule has 0 rings (SSSR count). The number of carbonyl (C=O) groups excluding carboxylic acids is 1. The quantitative estimate of drug-likeness (QED) is 0.365. The van der Waals surface area contributed by atoms with Gasteiger partial charge in [0, 0.05) is 6.92 Å². The molecular weight excluding hydrogens is 104 g/mol. The summed E-state index contributed by atoms with van der Waals surface area (Å²) < 4.78 is 4.40. The van der Waals surface area contributed by atoms with Crippen molar-refractivity contribution in [1.82, 2.24) is 0 Å². The first-order valence-electron chi connectivity index (χ1n) is 1.90. The summed E-state index contributed by atoms with van der Waals surface area (Å²) in [6.07, 6.45) is 0. The molecule has 0 radical (unpaired) electrons. The van der Waals surface area contributed by atoms with Crippen LogP contribution in [0.3, 0.4) is 0 Å². The van der Waals surface area contributed by atoms with Crippen molar-refractivity contribution < 1.29 is 12.4 Å². The SMILES string of the molecule is CCOC(C)=O.[H-].[H-].[Mg+2]. The Hall–Kier alpha value is 0.236. The fourth-order valence-electron chi connectivity index (χ4n) is 0.203. The Bertz CT molecular complexity index is 60.5. The van der Waals surface area contributed by atoms with E-state index < -0.39 is 0 Å². The summed E-state index contributed by atoms with van der Waals surface area (Å²) in [4.78, 5) is 9.82. The zero-order valence-electron chi connectivity index (χ0n) is 6.73. The summed E-state index contributed by atoms with van der Waals surface area (Å²) in [6.45, 7) is 3.65. The average Bonchev–Trinajstić information content (AvgIpc) is 1.35. The average molecular weight is 114 g/mol. The summed E-state index contributed by atoms with van der Waals surface area (Å²) in [5.41, 5.74) is 0. The first-order chi connectivity index (χ1) is 2.77. The molecule has 7 heavy (non-hydrogen) atoms. The van der Waals surface area contributed by atoms with Gasteiger partial charge in [0.2, 0.25) is 0 Å². The Labute approximate surface area is 62.3 Å². The first-order valence-corrected chi connectivity index (χ1v) is 1.90. The van der Waals surface area contributed by atoms with Gasteiger partial charge in [0.15, 0.2) is 0 Å². The van der Waals surface area contributed by atoms with E-state index in [-0.39, 0.29) is 31.9 Å². The number of rotatable bonds is 1. The predicted octanol–water partition coefficient (Wildman–Crippen LogP) is 0.414. The van der Waals surface area contributed by atoms with E-state index in [1.165, 1.54) is 6.92 Å². The first kappa shape index (κ1) is 10.3. The van der Waals surface area contributed by atoms with Crippen LogP contribution in [0.1, 0.15) is 16.7 Å². The molecule has 0 atom stereocenters. The van der Waals surface area contributed by atoms with Crippen LogP contribution < -0.4 is 0 Å². The molecule has 40 valence electrons. The summed E-state index contributed by atoms with van der Waals surface area (Å²) in [5.74, 6) is -0.211. The second-order valence-corrected chi connectivity index (χ2v) is 0.925. The van der Waals surface area contributed by atoms with Crippen molar-refractivity contribution in [2.75, 3.05) is 6.61 Å². The van der Waals surface area contributed by atoms with Crippen LogP contribution in [0, 0.1) is 0 Å². The van der Waals surface area contributed by atoms with Gasteiger partial charge in [-0.1, -0.05) is 0 Å². The largest absolute Gasteiger partial charge is 2.00 e. The van der Waals surface area contributed by atoms with Gasteiger partial charge in [-0.2, -0.15) is 0 Å². The van der Waals surface area contributed by atoms with E-state index in [0.717, 1.165) is 0 Å². The molecule has 0 spiro atoms. The van der Waals surface area contributed by atoms with E-state index in [4.69, 9.17) is 0 Å². The fraction of sp³-hybridized carbons (Fsp3) is 0.750. The van der Waals surface area contributed by atoms with Crippen molar-refractivity contribution in [3.63, 3.8) is 0 Å². The Morgan fingerprint density at radius 1 is 1.86 bits per heavy atom. The van der Waals surface area contributed by atoms with Gasteiger partial charge in [-0.15, -0.1) is 0 Å². The van der Waals surface area contributed by atoms with E-state index in [2.05, 4.69) is 4.74 Å². The van der Waals surface area contributed by atoms with Gasteiger partial charge in [-0.25, -0.2) is 0 Å². The maximum Gasteiger partial charge on any atom is 2.00 e. The maximum atomic E-state index is 9.82. The molecule has 0 amide bonds. The molecule has 0 aliphatic carbocycles. The van der Waals surface area contributed by atoms with Gasteiger partial charge >= 0.3 is 29.0 Å². The van der Waals surface area contributed by atoms with Gasteiger partial charge in [-0.05, 0) is 6.92 Å². The number of esters is 1. The van der Waals surface area contributed by atoms with Crippen LogP contribution in [-0.2, 0) is 9.53 Å². The Morgan fingerprint density at radius 3 is 2.29 bits per heavy atom. The number of hydrogen-bond donors (Lipinski definition) is 0. The normalized spacial score (nSPS) is 6.57. The minimum absolute atomic E-state index is 0. The van der Waals surface area contributed by atoms with E-state index in [1.807, 2.05) is 0 Å². The number of carbonyl (C=O) groups is 1. The Balaban J connectivity index is -0.0000000417. The van der Waals surface area contributed by atoms with Crippen LogP contribution in [0.15, 0.2) is 0 Å². The maximum absolute atomic E-state index is 9.82. The third-order valence-electron chi connectivity index (χ3n) is 0.348. The van der Waals surface area contributed by atoms with Crippen molar-refractivity contribution in [3.05, 3.63) is 0 Å². The van der Waals surface area contributed by atoms with Gasteiger partial charge < -0.3 is 7.59 Å². The molecular formula is C4H10MgO2. The van der Waals surface area contributed by atoms with E-state index in [0.29, 0.717) is 6.61 Å². The summed E-state index contributed by atoms with van der Waals surface area (Å²) in [6, 6.07) is 0. The third-order valence-corrected chi connectivity index (χ3v) is 0.348. The Kier molecular flexibility index (Phi) is 9.14. The zero-order valence-corrected chi connectivity index (χ0v) is 6.14. The monoisotopic (exact) mass is 114 g/mol. The molecule has 0 unspecified atom stereocenters. The van der Waals surface area contributed by atoms with Crippen LogP contribution >= 0.6 is 0 Å². The molecule has 0 N–H and O–H groups in total. The molecule has 3 heteroatoms. The molecule has 0 saturated heterocycles. The molecule has 0 aromatic rings. The molecule has 0 bridgehead atoms. The van der Waals surface area contributed by atoms with Crippen molar-refractivity contribution in [1.29, 1.82) is 0 Å². The van der Waals surface area contributed by atoms with Crippen LogP contribution in [0.25, 0.3) is 0 Å². The second kappa shape index (κ2) is 6.24. The molecule has 2 nitrogen and oxygen atoms in total. The Morgan fingerprint density at radius 2 is 2.29 bits per heavy atom. The smallest absolute Gasteiger partial charge is 1.00 e. The van der Waals surface area contributed by atoms with Gasteiger partial charge in [0.05, 0.1) is 6.61 Å². The van der Waals surface area contributed by atoms with Crippen LogP contribution in [-0.4, -0.2) is 35.6 Å². The summed E-state index contributed by atoms with van der Waals surface area (Å²) >= 11 is 0. The number of ether oxygens (including phenoxy) is 1. The molecule has 0 aromatic heterocycles. The number of hydrogen-bond acceptors (Lipinski definition) is 2. The van der Waals surface area contributed by atoms with E-state index in [9.17, 15) is 4.79 Å². The molecule has 0 aliphatic heterocycles. The zero-order chi connectivity index (χ0) is 4.99. The summed E-state index contributed by atoms with van der Waals surface area (Å²) in [5, 5.41) is 0. The fourth-order valence-corrected chi connectivity index (χ4v) is 0.203. The van der Waals surface area contributed by atoms with E-state index >= 15 is 0 Å². The van der Waals surface area contributed by atoms with Crippen molar-refractivity contribution >= 4 is 29.0 Å². The molecule has 0 aliphatic rings. The van der Waals surface area contributed by atoms with Crippen LogP contribution in [0.5, 0.6) is 0 Å². The standard InChI is InChI=1S/C4H8O2.Mg.2H/c1-3-6-4(2)5;;;/h3H2,1-2H3;;;/q;+2;2*-1. The molecule has 0 fully saturated rings. The van der Waals surface area contributed by atoms with Crippen LogP contribution in [0.2, 0.25) is 0 Å². The third kappa shape index (κ3) is 10.7. The van der Waals surface area contributed by atoms with Gasteiger partial charge in [0.25, 0.3) is 0 Å². The molecule has 0 saturated carbocycles. The van der Waals surface area contributed by atoms with Crippen molar-refractivity contribution in [2.24, 2.45) is 0 Å². The van der Waals surface area contributed by atoms with Crippen molar-refractivity contribution in [3.8, 4) is 0 Å². The minimum Gasteiger partial charge on any atom is -1.00 e. The molecule has 0 heterocycles. The van der Waals surface area contributed by atoms with Gasteiger partial charge in [-0.3, -0.25) is 4.79 Å². The predicted molar refractivity (Wildman–Crippen MR) is 30.3 cm³/mol. The topological polar surface area (TPSA) is 26.3 Å². The minimum atomic E-state index is -0.211. The summed E-state index contributed by atoms with van der Waals surface area (Å²) in [7, 11) is 0. The van der Waals surface area contributed by atoms with Gasteiger partial charge in [0.1, 0.15) is 0 Å². The van der Waals surface area contributed by atoms with E-state index in [1.54, 1.807) is 6.92 Å². The second-order valence-electron chi connectivity index (χ2n) is 0.925. The molecule has 0 aromatic carbocycles. The van der Waals surface area contributed by atoms with Crippen molar-refractivity contribution in [2.45, 2.75) is 13.8 Å². The van der Waals surface area contributed by atoms with Crippen LogP contribution in [0.4, 0.5) is 0 Å².